The van der Waals surface area contributed by atoms with Crippen molar-refractivity contribution < 1.29 is 32.9 Å². The van der Waals surface area contributed by atoms with Crippen LogP contribution in [0.25, 0.3) is 0 Å². The summed E-state index contributed by atoms with van der Waals surface area (Å²) in [6.07, 6.45) is 63.0. The summed E-state index contributed by atoms with van der Waals surface area (Å²) in [4.78, 5) is 25.3. The van der Waals surface area contributed by atoms with E-state index in [0.29, 0.717) is 17.4 Å². The molecule has 0 aromatic heterocycles. The fourth-order valence-electron chi connectivity index (χ4n) is 7.34. The van der Waals surface area contributed by atoms with Gasteiger partial charge in [-0.1, -0.05) is 241 Å². The maximum Gasteiger partial charge on any atom is 0.268 e. The van der Waals surface area contributed by atoms with Crippen LogP contribution < -0.4 is 10.2 Å². The van der Waals surface area contributed by atoms with Crippen LogP contribution in [0.3, 0.4) is 0 Å². The van der Waals surface area contributed by atoms with Crippen LogP contribution in [-0.4, -0.2) is 68.5 Å². The molecule has 0 aliphatic heterocycles. The first-order valence-electron chi connectivity index (χ1n) is 26.3. The van der Waals surface area contributed by atoms with Crippen molar-refractivity contribution in [3.05, 3.63) is 72.9 Å². The lowest BCUT2D eigenvalue weighted by molar-refractivity contribution is -0.870. The quantitative estimate of drug-likeness (QED) is 0.0272. The van der Waals surface area contributed by atoms with Gasteiger partial charge in [-0.3, -0.25) is 9.36 Å². The van der Waals surface area contributed by atoms with Crippen LogP contribution in [0.5, 0.6) is 0 Å². The van der Waals surface area contributed by atoms with Gasteiger partial charge in [0, 0.05) is 6.42 Å². The molecular formula is C55H101N2O6P. The van der Waals surface area contributed by atoms with E-state index >= 15 is 0 Å². The predicted molar refractivity (Wildman–Crippen MR) is 274 cm³/mol. The normalized spacial score (nSPS) is 14.7. The van der Waals surface area contributed by atoms with E-state index in [2.05, 4.69) is 67.8 Å². The fraction of sp³-hybridized carbons (Fsp3) is 0.764. The van der Waals surface area contributed by atoms with Crippen molar-refractivity contribution in [2.75, 3.05) is 40.9 Å². The minimum atomic E-state index is -4.62. The number of rotatable bonds is 47. The summed E-state index contributed by atoms with van der Waals surface area (Å²) >= 11 is 0. The molecule has 0 bridgehead atoms. The molecule has 0 spiro atoms. The number of allylic oxidation sites excluding steroid dienone is 10. The summed E-state index contributed by atoms with van der Waals surface area (Å²) in [6, 6.07) is -0.945. The van der Waals surface area contributed by atoms with Crippen molar-refractivity contribution in [2.45, 2.75) is 231 Å². The number of carbonyl (C=O) groups is 1. The first-order chi connectivity index (χ1) is 31.0. The number of quaternary nitrogens is 1. The molecule has 0 aliphatic rings. The Morgan fingerprint density at radius 1 is 0.562 bits per heavy atom. The summed E-state index contributed by atoms with van der Waals surface area (Å²) in [5.41, 5.74) is 0. The van der Waals surface area contributed by atoms with Gasteiger partial charge in [-0.15, -0.1) is 0 Å². The predicted octanol–water partition coefficient (Wildman–Crippen LogP) is 14.9. The van der Waals surface area contributed by atoms with Gasteiger partial charge in [0.15, 0.2) is 0 Å². The largest absolute Gasteiger partial charge is 0.756 e. The van der Waals surface area contributed by atoms with E-state index in [9.17, 15) is 19.4 Å². The van der Waals surface area contributed by atoms with Gasteiger partial charge in [-0.2, -0.15) is 0 Å². The second kappa shape index (κ2) is 46.1. The van der Waals surface area contributed by atoms with E-state index in [-0.39, 0.29) is 18.9 Å². The number of nitrogens with zero attached hydrogens (tertiary/aromatic N) is 1. The third-order valence-corrected chi connectivity index (χ3v) is 12.4. The third kappa shape index (κ3) is 47.9. The Hall–Kier alpha value is -2.06. The van der Waals surface area contributed by atoms with Gasteiger partial charge in [-0.25, -0.2) is 0 Å². The Kier molecular flexibility index (Phi) is 44.6. The third-order valence-electron chi connectivity index (χ3n) is 11.5. The minimum Gasteiger partial charge on any atom is -0.756 e. The van der Waals surface area contributed by atoms with Gasteiger partial charge in [0.25, 0.3) is 7.82 Å². The molecule has 64 heavy (non-hydrogen) atoms. The second-order valence-electron chi connectivity index (χ2n) is 18.9. The van der Waals surface area contributed by atoms with Gasteiger partial charge >= 0.3 is 0 Å². The van der Waals surface area contributed by atoms with Crippen LogP contribution in [0, 0.1) is 0 Å². The zero-order valence-corrected chi connectivity index (χ0v) is 43.1. The van der Waals surface area contributed by atoms with Gasteiger partial charge in [-0.05, 0) is 44.9 Å². The maximum absolute atomic E-state index is 12.8. The maximum atomic E-state index is 12.8. The van der Waals surface area contributed by atoms with Crippen LogP contribution in [0.4, 0.5) is 0 Å². The monoisotopic (exact) mass is 917 g/mol. The van der Waals surface area contributed by atoms with Gasteiger partial charge in [0.05, 0.1) is 39.9 Å². The van der Waals surface area contributed by atoms with E-state index in [1.807, 2.05) is 33.3 Å². The van der Waals surface area contributed by atoms with Crippen molar-refractivity contribution in [1.82, 2.24) is 5.32 Å². The molecule has 8 nitrogen and oxygen atoms in total. The molecular weight excluding hydrogens is 816 g/mol. The molecule has 0 aromatic carbocycles. The van der Waals surface area contributed by atoms with Crippen molar-refractivity contribution >= 4 is 13.7 Å². The van der Waals surface area contributed by atoms with E-state index in [4.69, 9.17) is 9.05 Å². The highest BCUT2D eigenvalue weighted by Gasteiger charge is 2.23. The average molecular weight is 917 g/mol. The van der Waals surface area contributed by atoms with Crippen LogP contribution in [0.2, 0.25) is 0 Å². The summed E-state index contributed by atoms with van der Waals surface area (Å²) < 4.78 is 23.2. The molecule has 0 heterocycles. The number of unbranched alkanes of at least 4 members (excludes halogenated alkanes) is 25. The van der Waals surface area contributed by atoms with E-state index < -0.39 is 26.6 Å². The van der Waals surface area contributed by atoms with Gasteiger partial charge in [0.1, 0.15) is 13.2 Å². The Morgan fingerprint density at radius 2 is 0.938 bits per heavy atom. The van der Waals surface area contributed by atoms with Crippen molar-refractivity contribution in [3.63, 3.8) is 0 Å². The highest BCUT2D eigenvalue weighted by molar-refractivity contribution is 7.45. The smallest absolute Gasteiger partial charge is 0.268 e. The van der Waals surface area contributed by atoms with Crippen LogP contribution in [0.15, 0.2) is 72.9 Å². The van der Waals surface area contributed by atoms with Crippen molar-refractivity contribution in [2.24, 2.45) is 0 Å². The van der Waals surface area contributed by atoms with E-state index in [1.54, 1.807) is 12.2 Å². The lowest BCUT2D eigenvalue weighted by atomic mass is 10.0. The molecule has 0 radical (unpaired) electrons. The Balaban J connectivity index is 4.29. The Bertz CT molecular complexity index is 1270. The number of aliphatic hydroxyl groups is 1. The number of phosphoric ester groups is 1. The zero-order valence-electron chi connectivity index (χ0n) is 42.2. The molecule has 1 amide bonds. The summed E-state index contributed by atoms with van der Waals surface area (Å²) in [7, 11) is 1.20. The fourth-order valence-corrected chi connectivity index (χ4v) is 8.06. The number of phosphoric acid groups is 1. The number of hydrogen-bond donors (Lipinski definition) is 2. The average Bonchev–Trinajstić information content (AvgIpc) is 3.25. The molecule has 372 valence electrons. The molecule has 3 atom stereocenters. The number of aliphatic hydroxyl groups excluding tert-OH is 1. The summed E-state index contributed by atoms with van der Waals surface area (Å²) in [6.45, 7) is 4.46. The first-order valence-corrected chi connectivity index (χ1v) is 27.8. The highest BCUT2D eigenvalue weighted by atomic mass is 31.2. The molecule has 0 rings (SSSR count). The number of likely N-dealkylation sites (N-methyl/N-ethyl adjacent to an activating group) is 1. The molecule has 0 saturated carbocycles. The van der Waals surface area contributed by atoms with Crippen molar-refractivity contribution in [1.29, 1.82) is 0 Å². The molecule has 2 N–H and O–H groups in total. The summed E-state index contributed by atoms with van der Waals surface area (Å²) in [5, 5.41) is 13.7. The molecule has 0 fully saturated rings. The number of carbonyl (C=O) groups excluding carboxylic acids is 1. The lowest BCUT2D eigenvalue weighted by Crippen LogP contribution is -2.45. The molecule has 3 unspecified atom stereocenters. The first kappa shape index (κ1) is 61.9. The second-order valence-corrected chi connectivity index (χ2v) is 20.3. The number of amides is 1. The van der Waals surface area contributed by atoms with Gasteiger partial charge in [0.2, 0.25) is 5.91 Å². The van der Waals surface area contributed by atoms with Crippen LogP contribution in [0.1, 0.15) is 219 Å². The Labute approximate surface area is 395 Å². The molecule has 0 aromatic rings. The van der Waals surface area contributed by atoms with E-state index in [0.717, 1.165) is 44.9 Å². The zero-order chi connectivity index (χ0) is 47.1. The van der Waals surface area contributed by atoms with Gasteiger partial charge < -0.3 is 28.8 Å². The molecule has 0 aliphatic carbocycles. The standard InChI is InChI=1S/C55H101N2O6P/c1-6-8-10-12-14-16-18-20-22-23-24-25-26-27-28-29-30-31-32-33-35-36-38-40-42-44-46-48-54(58)53(52-63-64(60,61)62-51-50-57(3,4)5)56-55(59)49-47-45-43-41-39-37-34-21-19-17-15-13-11-9-7-2/h9,11,15,17,21,34,39,41,45-48,53-54,58H,6-8,10,12-14,16,18-20,22-33,35-38,40,42-44,49-52H2,1-5H3,(H-,56,59,60,61)/b11-9-,17-15-,34-21-,41-39-,47-45-,48-46+. The van der Waals surface area contributed by atoms with E-state index in [1.165, 1.54) is 148 Å². The summed E-state index contributed by atoms with van der Waals surface area (Å²) in [5.74, 6) is -0.325. The highest BCUT2D eigenvalue weighted by Crippen LogP contribution is 2.38. The lowest BCUT2D eigenvalue weighted by Gasteiger charge is -2.29. The van der Waals surface area contributed by atoms with Crippen LogP contribution >= 0.6 is 7.82 Å². The number of nitrogens with one attached hydrogen (secondary N) is 1. The van der Waals surface area contributed by atoms with Crippen molar-refractivity contribution in [3.8, 4) is 0 Å². The molecule has 0 saturated heterocycles. The SMILES string of the molecule is CC/C=C\C/C=C\C/C=C\C/C=C\C/C=C\CC(=O)NC(COP(=O)([O-])OCC[N+](C)(C)C)C(O)/C=C/CCCCCCCCCCCCCCCCCCCCCCCCCCC. The molecule has 9 heteroatoms. The minimum absolute atomic E-state index is 0.0204. The van der Waals surface area contributed by atoms with Crippen LogP contribution in [-0.2, 0) is 18.4 Å². The topological polar surface area (TPSA) is 108 Å². The number of hydrogen-bond acceptors (Lipinski definition) is 6. The Morgan fingerprint density at radius 3 is 1.33 bits per heavy atom.